The molecule has 3 aromatic rings. The van der Waals surface area contributed by atoms with Crippen molar-refractivity contribution in [1.29, 1.82) is 0 Å². The third-order valence-electron chi connectivity index (χ3n) is 4.99. The van der Waals surface area contributed by atoms with Crippen molar-refractivity contribution in [2.45, 2.75) is 26.4 Å². The van der Waals surface area contributed by atoms with Gasteiger partial charge in [-0.25, -0.2) is 9.18 Å². The highest BCUT2D eigenvalue weighted by Gasteiger charge is 2.21. The van der Waals surface area contributed by atoms with E-state index in [1.54, 1.807) is 34.9 Å². The van der Waals surface area contributed by atoms with Crippen LogP contribution in [0.5, 0.6) is 0 Å². The molecule has 0 aliphatic heterocycles. The molecule has 0 fully saturated rings. The van der Waals surface area contributed by atoms with E-state index in [9.17, 15) is 24.2 Å². The largest absolute Gasteiger partial charge is 0.477 e. The van der Waals surface area contributed by atoms with Gasteiger partial charge in [0.1, 0.15) is 11.4 Å². The summed E-state index contributed by atoms with van der Waals surface area (Å²) in [6.07, 6.45) is 1.31. The Kier molecular flexibility index (Phi) is 5.98. The summed E-state index contributed by atoms with van der Waals surface area (Å²) in [6, 6.07) is 10.8. The Morgan fingerprint density at radius 2 is 1.86 bits per heavy atom. The Hall–Kier alpha value is -3.19. The van der Waals surface area contributed by atoms with Gasteiger partial charge in [-0.1, -0.05) is 26.0 Å². The van der Waals surface area contributed by atoms with Crippen LogP contribution in [-0.2, 0) is 6.54 Å². The smallest absolute Gasteiger partial charge is 0.341 e. The van der Waals surface area contributed by atoms with Crippen LogP contribution < -0.4 is 10.7 Å². The monoisotopic (exact) mass is 398 g/mol. The molecular formula is C22H23FN2O4. The van der Waals surface area contributed by atoms with Crippen LogP contribution in [0.1, 0.15) is 35.8 Å². The summed E-state index contributed by atoms with van der Waals surface area (Å²) in [7, 11) is 0. The molecule has 0 aliphatic carbocycles. The summed E-state index contributed by atoms with van der Waals surface area (Å²) < 4.78 is 14.7. The number of aromatic nitrogens is 1. The van der Waals surface area contributed by atoms with Crippen LogP contribution in [0.15, 0.2) is 53.5 Å². The number of halogens is 1. The van der Waals surface area contributed by atoms with E-state index >= 15 is 0 Å². The number of carbonyl (C=O) groups is 1. The number of hydrogen-bond donors (Lipinski definition) is 3. The van der Waals surface area contributed by atoms with Gasteiger partial charge in [-0.2, -0.15) is 0 Å². The van der Waals surface area contributed by atoms with Gasteiger partial charge in [-0.3, -0.25) is 4.79 Å². The lowest BCUT2D eigenvalue weighted by Crippen LogP contribution is -2.25. The number of anilines is 1. The van der Waals surface area contributed by atoms with Gasteiger partial charge >= 0.3 is 5.97 Å². The van der Waals surface area contributed by atoms with Crippen LogP contribution in [0.4, 0.5) is 10.1 Å². The van der Waals surface area contributed by atoms with Crippen LogP contribution in [0.25, 0.3) is 10.9 Å². The first kappa shape index (κ1) is 20.5. The zero-order valence-corrected chi connectivity index (χ0v) is 16.2. The first-order valence-corrected chi connectivity index (χ1v) is 9.33. The van der Waals surface area contributed by atoms with Gasteiger partial charge in [-0.15, -0.1) is 0 Å². The first-order chi connectivity index (χ1) is 13.8. The summed E-state index contributed by atoms with van der Waals surface area (Å²) in [4.78, 5) is 24.3. The molecule has 1 heterocycles. The van der Waals surface area contributed by atoms with Gasteiger partial charge in [0.05, 0.1) is 18.2 Å². The number of aromatic carboxylic acids is 1. The third-order valence-corrected chi connectivity index (χ3v) is 4.99. The van der Waals surface area contributed by atoms with E-state index in [1.807, 2.05) is 13.8 Å². The fraction of sp³-hybridized carbons (Fsp3) is 0.273. The number of benzene rings is 2. The molecule has 0 saturated carbocycles. The maximum Gasteiger partial charge on any atom is 0.341 e. The molecule has 3 rings (SSSR count). The predicted molar refractivity (Wildman–Crippen MR) is 110 cm³/mol. The maximum atomic E-state index is 13.0. The number of rotatable bonds is 7. The molecule has 152 valence electrons. The van der Waals surface area contributed by atoms with Gasteiger partial charge in [0.2, 0.25) is 5.43 Å². The Morgan fingerprint density at radius 1 is 1.17 bits per heavy atom. The van der Waals surface area contributed by atoms with E-state index in [4.69, 9.17) is 0 Å². The molecule has 0 spiro atoms. The zero-order chi connectivity index (χ0) is 21.1. The fourth-order valence-corrected chi connectivity index (χ4v) is 3.32. The van der Waals surface area contributed by atoms with Gasteiger partial charge in [-0.05, 0) is 41.8 Å². The molecule has 1 atom stereocenters. The molecule has 1 aromatic heterocycles. The maximum absolute atomic E-state index is 13.0. The van der Waals surface area contributed by atoms with Crippen LogP contribution in [0.2, 0.25) is 0 Å². The van der Waals surface area contributed by atoms with Crippen LogP contribution in [-0.4, -0.2) is 27.4 Å². The topological polar surface area (TPSA) is 91.6 Å². The number of carboxylic acids is 1. The van der Waals surface area contributed by atoms with E-state index in [0.29, 0.717) is 17.7 Å². The molecule has 2 aromatic carbocycles. The quantitative estimate of drug-likeness (QED) is 0.565. The summed E-state index contributed by atoms with van der Waals surface area (Å²) in [5.41, 5.74) is 1.14. The van der Waals surface area contributed by atoms with Gasteiger partial charge in [0.25, 0.3) is 0 Å². The summed E-state index contributed by atoms with van der Waals surface area (Å²) in [5, 5.41) is 22.7. The third kappa shape index (κ3) is 4.30. The number of fused-ring (bicyclic) bond motifs is 1. The number of carboxylic acid groups (broad SMARTS) is 1. The molecule has 0 bridgehead atoms. The van der Waals surface area contributed by atoms with Gasteiger partial charge in [0.15, 0.2) is 0 Å². The molecule has 3 N–H and O–H groups in total. The second-order valence-corrected chi connectivity index (χ2v) is 7.29. The summed E-state index contributed by atoms with van der Waals surface area (Å²) >= 11 is 0. The molecular weight excluding hydrogens is 375 g/mol. The minimum absolute atomic E-state index is 0.0311. The van der Waals surface area contributed by atoms with Crippen molar-refractivity contribution in [3.8, 4) is 0 Å². The Balaban J connectivity index is 2.06. The van der Waals surface area contributed by atoms with Crippen LogP contribution in [0.3, 0.4) is 0 Å². The zero-order valence-electron chi connectivity index (χ0n) is 16.2. The van der Waals surface area contributed by atoms with E-state index < -0.39 is 11.4 Å². The van der Waals surface area contributed by atoms with E-state index in [1.165, 1.54) is 18.3 Å². The molecule has 1 unspecified atom stereocenters. The lowest BCUT2D eigenvalue weighted by molar-refractivity contribution is 0.0694. The van der Waals surface area contributed by atoms with Gasteiger partial charge < -0.3 is 20.1 Å². The molecule has 7 heteroatoms. The second-order valence-electron chi connectivity index (χ2n) is 7.29. The number of pyridine rings is 1. The van der Waals surface area contributed by atoms with Crippen molar-refractivity contribution >= 4 is 22.6 Å². The van der Waals surface area contributed by atoms with Crippen LogP contribution >= 0.6 is 0 Å². The minimum Gasteiger partial charge on any atom is -0.477 e. The molecule has 6 nitrogen and oxygen atoms in total. The highest BCUT2D eigenvalue weighted by molar-refractivity contribution is 5.93. The predicted octanol–water partition coefficient (Wildman–Crippen LogP) is 3.64. The SMILES string of the molecule is CC(C)C(CO)n1cc(C(=O)O)c(=O)c2cc(NCc3ccc(F)cc3)ccc21. The summed E-state index contributed by atoms with van der Waals surface area (Å²) in [6.45, 7) is 4.08. The van der Waals surface area contributed by atoms with Crippen molar-refractivity contribution < 1.29 is 19.4 Å². The Bertz CT molecular complexity index is 1090. The number of nitrogens with zero attached hydrogens (tertiary/aromatic N) is 1. The van der Waals surface area contributed by atoms with Crippen molar-refractivity contribution in [2.24, 2.45) is 5.92 Å². The number of aliphatic hydroxyl groups excluding tert-OH is 1. The molecule has 0 amide bonds. The number of nitrogens with one attached hydrogen (secondary N) is 1. The van der Waals surface area contributed by atoms with E-state index in [-0.39, 0.29) is 35.3 Å². The average Bonchev–Trinajstić information content (AvgIpc) is 2.69. The minimum atomic E-state index is -1.31. The van der Waals surface area contributed by atoms with Crippen molar-refractivity contribution in [3.05, 3.63) is 75.8 Å². The van der Waals surface area contributed by atoms with Crippen molar-refractivity contribution in [1.82, 2.24) is 4.57 Å². The first-order valence-electron chi connectivity index (χ1n) is 9.33. The normalized spacial score (nSPS) is 12.3. The van der Waals surface area contributed by atoms with E-state index in [0.717, 1.165) is 5.56 Å². The standard InChI is InChI=1S/C22H23FN2O4/c1-13(2)20(12-26)25-11-18(22(28)29)21(27)17-9-16(7-8-19(17)25)24-10-14-3-5-15(23)6-4-14/h3-9,11,13,20,24,26H,10,12H2,1-2H3,(H,28,29). The molecule has 0 saturated heterocycles. The molecule has 29 heavy (non-hydrogen) atoms. The summed E-state index contributed by atoms with van der Waals surface area (Å²) in [5.74, 6) is -1.59. The number of hydrogen-bond acceptors (Lipinski definition) is 4. The fourth-order valence-electron chi connectivity index (χ4n) is 3.32. The van der Waals surface area contributed by atoms with Crippen LogP contribution in [0, 0.1) is 11.7 Å². The highest BCUT2D eigenvalue weighted by Crippen LogP contribution is 2.25. The van der Waals surface area contributed by atoms with E-state index in [2.05, 4.69) is 5.32 Å². The molecule has 0 aliphatic rings. The highest BCUT2D eigenvalue weighted by atomic mass is 19.1. The lowest BCUT2D eigenvalue weighted by atomic mass is 10.0. The van der Waals surface area contributed by atoms with Crippen molar-refractivity contribution in [3.63, 3.8) is 0 Å². The Morgan fingerprint density at radius 3 is 2.45 bits per heavy atom. The number of aliphatic hydroxyl groups is 1. The van der Waals surface area contributed by atoms with Crippen molar-refractivity contribution in [2.75, 3.05) is 11.9 Å². The second kappa shape index (κ2) is 8.45. The average molecular weight is 398 g/mol. The molecule has 0 radical (unpaired) electrons. The Labute approximate surface area is 167 Å². The van der Waals surface area contributed by atoms with Gasteiger partial charge in [0, 0.05) is 23.8 Å². The lowest BCUT2D eigenvalue weighted by Gasteiger charge is -2.25.